The van der Waals surface area contributed by atoms with E-state index in [2.05, 4.69) is 4.84 Å². The SMILES string of the molecule is CCN(N)OC(C)=O. The van der Waals surface area contributed by atoms with E-state index in [4.69, 9.17) is 5.84 Å². The van der Waals surface area contributed by atoms with Gasteiger partial charge in [0.2, 0.25) is 0 Å². The van der Waals surface area contributed by atoms with Crippen LogP contribution in [0, 0.1) is 0 Å². The van der Waals surface area contributed by atoms with Crippen molar-refractivity contribution in [3.8, 4) is 0 Å². The Morgan fingerprint density at radius 3 is 2.50 bits per heavy atom. The summed E-state index contributed by atoms with van der Waals surface area (Å²) in [6.45, 7) is 3.58. The van der Waals surface area contributed by atoms with Crippen LogP contribution in [0.5, 0.6) is 0 Å². The van der Waals surface area contributed by atoms with Gasteiger partial charge in [0.15, 0.2) is 0 Å². The zero-order chi connectivity index (χ0) is 6.57. The normalized spacial score (nSPS) is 9.50. The van der Waals surface area contributed by atoms with E-state index in [0.717, 1.165) is 5.17 Å². The summed E-state index contributed by atoms with van der Waals surface area (Å²) in [6.07, 6.45) is 0. The molecule has 0 aromatic heterocycles. The Labute approximate surface area is 48.1 Å². The summed E-state index contributed by atoms with van der Waals surface area (Å²) in [5, 5.41) is 0.975. The van der Waals surface area contributed by atoms with Crippen LogP contribution >= 0.6 is 0 Å². The first-order valence-electron chi connectivity index (χ1n) is 2.37. The van der Waals surface area contributed by atoms with Crippen molar-refractivity contribution in [3.05, 3.63) is 0 Å². The maximum Gasteiger partial charge on any atom is 0.323 e. The zero-order valence-corrected chi connectivity index (χ0v) is 5.05. The number of hydrazine groups is 1. The minimum atomic E-state index is -0.394. The average Bonchev–Trinajstić information content (AvgIpc) is 1.65. The summed E-state index contributed by atoms with van der Waals surface area (Å²) in [4.78, 5) is 14.4. The highest BCUT2D eigenvalue weighted by Gasteiger charge is 1.96. The lowest BCUT2D eigenvalue weighted by atomic mass is 10.8. The van der Waals surface area contributed by atoms with Crippen LogP contribution in [0.3, 0.4) is 0 Å². The van der Waals surface area contributed by atoms with Crippen molar-refractivity contribution in [1.29, 1.82) is 0 Å². The number of nitrogens with two attached hydrogens (primary N) is 1. The van der Waals surface area contributed by atoms with Gasteiger partial charge in [0.05, 0.1) is 0 Å². The summed E-state index contributed by atoms with van der Waals surface area (Å²) in [6, 6.07) is 0. The summed E-state index contributed by atoms with van der Waals surface area (Å²) < 4.78 is 0. The van der Waals surface area contributed by atoms with Crippen molar-refractivity contribution in [2.24, 2.45) is 5.84 Å². The second-order valence-electron chi connectivity index (χ2n) is 1.32. The van der Waals surface area contributed by atoms with Crippen LogP contribution in [0.2, 0.25) is 0 Å². The molecule has 0 aliphatic heterocycles. The lowest BCUT2D eigenvalue weighted by Crippen LogP contribution is -2.32. The molecule has 0 radical (unpaired) electrons. The van der Waals surface area contributed by atoms with E-state index in [1.807, 2.05) is 0 Å². The molecule has 0 fully saturated rings. The summed E-state index contributed by atoms with van der Waals surface area (Å²) >= 11 is 0. The first kappa shape index (κ1) is 7.39. The van der Waals surface area contributed by atoms with E-state index in [-0.39, 0.29) is 0 Å². The molecule has 0 saturated heterocycles. The molecule has 0 rings (SSSR count). The summed E-state index contributed by atoms with van der Waals surface area (Å²) in [5.41, 5.74) is 0. The minimum absolute atomic E-state index is 0.394. The number of hydroxylamine groups is 1. The molecular weight excluding hydrogens is 108 g/mol. The largest absolute Gasteiger partial charge is 0.354 e. The Kier molecular flexibility index (Phi) is 3.14. The molecule has 0 atom stereocenters. The minimum Gasteiger partial charge on any atom is -0.354 e. The Balaban J connectivity index is 3.24. The van der Waals surface area contributed by atoms with Gasteiger partial charge in [0, 0.05) is 13.5 Å². The van der Waals surface area contributed by atoms with Gasteiger partial charge in [0.25, 0.3) is 0 Å². The van der Waals surface area contributed by atoms with Crippen LogP contribution < -0.4 is 5.84 Å². The van der Waals surface area contributed by atoms with Gasteiger partial charge in [-0.15, -0.1) is 0 Å². The summed E-state index contributed by atoms with van der Waals surface area (Å²) in [5.74, 6) is 4.67. The highest BCUT2D eigenvalue weighted by molar-refractivity contribution is 5.65. The van der Waals surface area contributed by atoms with Gasteiger partial charge in [-0.05, 0) is 6.92 Å². The second-order valence-corrected chi connectivity index (χ2v) is 1.32. The van der Waals surface area contributed by atoms with Crippen molar-refractivity contribution >= 4 is 5.97 Å². The molecule has 0 aliphatic carbocycles. The number of nitrogens with zero attached hydrogens (tertiary/aromatic N) is 1. The highest BCUT2D eigenvalue weighted by atomic mass is 16.7. The molecule has 0 aromatic carbocycles. The number of hydrogen-bond acceptors (Lipinski definition) is 4. The van der Waals surface area contributed by atoms with Crippen LogP contribution in [-0.4, -0.2) is 17.7 Å². The number of carbonyl (C=O) groups is 1. The second kappa shape index (κ2) is 3.40. The summed E-state index contributed by atoms with van der Waals surface area (Å²) in [7, 11) is 0. The van der Waals surface area contributed by atoms with E-state index in [0.29, 0.717) is 6.54 Å². The van der Waals surface area contributed by atoms with Gasteiger partial charge in [-0.25, -0.2) is 5.84 Å². The zero-order valence-electron chi connectivity index (χ0n) is 5.05. The van der Waals surface area contributed by atoms with Crippen LogP contribution in [0.4, 0.5) is 0 Å². The Morgan fingerprint density at radius 1 is 1.88 bits per heavy atom. The van der Waals surface area contributed by atoms with E-state index in [1.54, 1.807) is 6.92 Å². The molecule has 0 saturated carbocycles. The van der Waals surface area contributed by atoms with Crippen molar-refractivity contribution < 1.29 is 9.63 Å². The van der Waals surface area contributed by atoms with Crippen LogP contribution in [0.15, 0.2) is 0 Å². The predicted molar refractivity (Wildman–Crippen MR) is 28.3 cm³/mol. The third-order valence-electron chi connectivity index (χ3n) is 0.557. The Bertz CT molecular complexity index is 84.1. The monoisotopic (exact) mass is 118 g/mol. The van der Waals surface area contributed by atoms with Gasteiger partial charge in [-0.1, -0.05) is 5.17 Å². The standard InChI is InChI=1S/C4H10N2O2/c1-3-6(5)8-4(2)7/h3,5H2,1-2H3. The molecule has 0 aromatic rings. The lowest BCUT2D eigenvalue weighted by Gasteiger charge is -2.09. The molecule has 4 heteroatoms. The Hall–Kier alpha value is -0.610. The molecule has 0 unspecified atom stereocenters. The fraction of sp³-hybridized carbons (Fsp3) is 0.750. The van der Waals surface area contributed by atoms with Gasteiger partial charge in [0.1, 0.15) is 0 Å². The molecule has 8 heavy (non-hydrogen) atoms. The lowest BCUT2D eigenvalue weighted by molar-refractivity contribution is -0.187. The fourth-order valence-corrected chi connectivity index (χ4v) is 0.230. The maximum atomic E-state index is 10.1. The van der Waals surface area contributed by atoms with Gasteiger partial charge >= 0.3 is 5.97 Å². The van der Waals surface area contributed by atoms with Crippen LogP contribution in [-0.2, 0) is 9.63 Å². The van der Waals surface area contributed by atoms with E-state index in [1.165, 1.54) is 6.92 Å². The third kappa shape index (κ3) is 3.58. The predicted octanol–water partition coefficient (Wildman–Crippen LogP) is -0.340. The van der Waals surface area contributed by atoms with Crippen molar-refractivity contribution in [2.75, 3.05) is 6.54 Å². The molecular formula is C4H10N2O2. The molecule has 0 aliphatic rings. The number of rotatable bonds is 2. The first-order chi connectivity index (χ1) is 3.66. The smallest absolute Gasteiger partial charge is 0.323 e. The average molecular weight is 118 g/mol. The van der Waals surface area contributed by atoms with Gasteiger partial charge in [-0.3, -0.25) is 4.79 Å². The maximum absolute atomic E-state index is 10.1. The third-order valence-corrected chi connectivity index (χ3v) is 0.557. The molecule has 48 valence electrons. The quantitative estimate of drug-likeness (QED) is 0.398. The molecule has 0 amide bonds. The fourth-order valence-electron chi connectivity index (χ4n) is 0.230. The molecule has 4 nitrogen and oxygen atoms in total. The van der Waals surface area contributed by atoms with Gasteiger partial charge in [-0.2, -0.15) is 0 Å². The first-order valence-corrected chi connectivity index (χ1v) is 2.37. The number of carbonyl (C=O) groups excluding carboxylic acids is 1. The van der Waals surface area contributed by atoms with E-state index >= 15 is 0 Å². The van der Waals surface area contributed by atoms with Crippen LogP contribution in [0.25, 0.3) is 0 Å². The van der Waals surface area contributed by atoms with E-state index < -0.39 is 5.97 Å². The van der Waals surface area contributed by atoms with Crippen LogP contribution in [0.1, 0.15) is 13.8 Å². The Morgan fingerprint density at radius 2 is 2.38 bits per heavy atom. The number of hydrogen-bond donors (Lipinski definition) is 1. The molecule has 0 bridgehead atoms. The highest BCUT2D eigenvalue weighted by Crippen LogP contribution is 1.78. The topological polar surface area (TPSA) is 55.6 Å². The van der Waals surface area contributed by atoms with Crippen molar-refractivity contribution in [3.63, 3.8) is 0 Å². The van der Waals surface area contributed by atoms with Crippen molar-refractivity contribution in [2.45, 2.75) is 13.8 Å². The van der Waals surface area contributed by atoms with Crippen molar-refractivity contribution in [1.82, 2.24) is 5.17 Å². The molecule has 0 heterocycles. The molecule has 0 spiro atoms. The molecule has 2 N–H and O–H groups in total. The van der Waals surface area contributed by atoms with Gasteiger partial charge < -0.3 is 4.84 Å². The van der Waals surface area contributed by atoms with E-state index in [9.17, 15) is 4.79 Å².